The van der Waals surface area contributed by atoms with Gasteiger partial charge in [-0.3, -0.25) is 9.69 Å². The van der Waals surface area contributed by atoms with Crippen LogP contribution in [0.4, 0.5) is 0 Å². The fraction of sp³-hybridized carbons (Fsp3) is 0.950. The number of carbonyl (C=O) groups excluding carboxylic acids is 1. The first-order valence-electron chi connectivity index (χ1n) is 10.3. The van der Waals surface area contributed by atoms with Crippen LogP contribution in [0.5, 0.6) is 0 Å². The van der Waals surface area contributed by atoms with Crippen molar-refractivity contribution < 1.29 is 9.53 Å². The van der Waals surface area contributed by atoms with Gasteiger partial charge in [0.15, 0.2) is 0 Å². The number of rotatable bonds is 7. The zero-order valence-electron chi connectivity index (χ0n) is 17.0. The van der Waals surface area contributed by atoms with E-state index in [-0.39, 0.29) is 5.92 Å². The van der Waals surface area contributed by atoms with E-state index in [1.165, 1.54) is 0 Å². The third-order valence-corrected chi connectivity index (χ3v) is 5.57. The van der Waals surface area contributed by atoms with E-state index < -0.39 is 0 Å². The van der Waals surface area contributed by atoms with Crippen LogP contribution in [-0.4, -0.2) is 65.9 Å². The Labute approximate surface area is 161 Å². The predicted molar refractivity (Wildman–Crippen MR) is 109 cm³/mol. The van der Waals surface area contributed by atoms with E-state index >= 15 is 0 Å². The number of ether oxygens (including phenoxy) is 1. The number of piperidine rings is 2. The van der Waals surface area contributed by atoms with Crippen molar-refractivity contribution in [3.8, 4) is 0 Å². The Morgan fingerprint density at radius 1 is 1.00 bits per heavy atom. The van der Waals surface area contributed by atoms with Gasteiger partial charge in [-0.05, 0) is 32.6 Å². The molecule has 0 aromatic carbocycles. The topological polar surface area (TPSA) is 32.8 Å². The Bertz CT molecular complexity index is 361. The minimum atomic E-state index is 0.168. The summed E-state index contributed by atoms with van der Waals surface area (Å²) in [7, 11) is 0. The second kappa shape index (κ2) is 12.3. The molecule has 1 unspecified atom stereocenters. The molecule has 0 bridgehead atoms. The van der Waals surface area contributed by atoms with Gasteiger partial charge in [-0.15, -0.1) is 0 Å². The van der Waals surface area contributed by atoms with Crippen molar-refractivity contribution in [2.45, 2.75) is 84.3 Å². The molecular weight excluding hydrogens is 332 g/mol. The van der Waals surface area contributed by atoms with Crippen molar-refractivity contribution in [2.75, 3.05) is 32.7 Å². The number of ketones is 1. The third kappa shape index (κ3) is 8.42. The zero-order chi connectivity index (χ0) is 18.8. The summed E-state index contributed by atoms with van der Waals surface area (Å²) in [4.78, 5) is 16.6. The third-order valence-electron chi connectivity index (χ3n) is 5.24. The van der Waals surface area contributed by atoms with Gasteiger partial charge < -0.3 is 9.64 Å². The van der Waals surface area contributed by atoms with Gasteiger partial charge in [-0.2, -0.15) is 12.6 Å². The number of hydrogen-bond acceptors (Lipinski definition) is 5. The summed E-state index contributed by atoms with van der Waals surface area (Å²) in [6.07, 6.45) is 6.03. The summed E-state index contributed by atoms with van der Waals surface area (Å²) in [6, 6.07) is 0. The van der Waals surface area contributed by atoms with E-state index in [1.54, 1.807) is 0 Å². The molecule has 2 aliphatic rings. The summed E-state index contributed by atoms with van der Waals surface area (Å²) in [5, 5.41) is 0.354. The molecule has 0 aromatic heterocycles. The highest BCUT2D eigenvalue weighted by molar-refractivity contribution is 7.80. The van der Waals surface area contributed by atoms with Gasteiger partial charge in [0, 0.05) is 50.4 Å². The summed E-state index contributed by atoms with van der Waals surface area (Å²) in [5.74, 6) is 0.551. The highest BCUT2D eigenvalue weighted by Crippen LogP contribution is 2.22. The van der Waals surface area contributed by atoms with E-state index in [0.29, 0.717) is 29.8 Å². The molecule has 0 N–H and O–H groups in total. The average Bonchev–Trinajstić information content (AvgIpc) is 2.63. The summed E-state index contributed by atoms with van der Waals surface area (Å²) < 4.78 is 6.33. The summed E-state index contributed by atoms with van der Waals surface area (Å²) in [6.45, 7) is 15.4. The van der Waals surface area contributed by atoms with Crippen molar-refractivity contribution in [2.24, 2.45) is 5.92 Å². The van der Waals surface area contributed by atoms with Crippen LogP contribution in [0.1, 0.15) is 66.7 Å². The molecule has 0 saturated carbocycles. The van der Waals surface area contributed by atoms with Crippen molar-refractivity contribution >= 4 is 18.4 Å². The molecule has 2 fully saturated rings. The Morgan fingerprint density at radius 3 is 1.92 bits per heavy atom. The molecule has 0 radical (unpaired) electrons. The summed E-state index contributed by atoms with van der Waals surface area (Å²) >= 11 is 4.51. The SMILES string of the molecule is CC.CC(C)C(=O)CCN1CCC(OC2CCN(C(C)S)CC2)CC1. The Balaban J connectivity index is 0.00000151. The molecule has 2 saturated heterocycles. The van der Waals surface area contributed by atoms with Crippen molar-refractivity contribution in [1.82, 2.24) is 9.80 Å². The van der Waals surface area contributed by atoms with Gasteiger partial charge in [-0.1, -0.05) is 27.7 Å². The molecule has 1 atom stereocenters. The van der Waals surface area contributed by atoms with Crippen LogP contribution in [-0.2, 0) is 9.53 Å². The molecule has 0 aromatic rings. The standard InChI is InChI=1S/C18H34N2O2S.C2H6/c1-14(2)18(21)8-11-19-9-4-16(5-10-19)22-17-6-12-20(13-7-17)15(3)23;1-2/h14-17,23H,4-13H2,1-3H3;1-2H3. The molecule has 25 heavy (non-hydrogen) atoms. The summed E-state index contributed by atoms with van der Waals surface area (Å²) in [5.41, 5.74) is 0. The second-order valence-electron chi connectivity index (χ2n) is 7.42. The minimum Gasteiger partial charge on any atom is -0.375 e. The first kappa shape index (κ1) is 22.9. The lowest BCUT2D eigenvalue weighted by Gasteiger charge is -2.38. The highest BCUT2D eigenvalue weighted by Gasteiger charge is 2.26. The molecule has 148 valence electrons. The lowest BCUT2D eigenvalue weighted by molar-refractivity contribution is -0.122. The average molecular weight is 373 g/mol. The van der Waals surface area contributed by atoms with E-state index in [4.69, 9.17) is 4.74 Å². The lowest BCUT2D eigenvalue weighted by Crippen LogP contribution is -2.43. The Kier molecular flexibility index (Phi) is 11.3. The van der Waals surface area contributed by atoms with Crippen molar-refractivity contribution in [1.29, 1.82) is 0 Å². The van der Waals surface area contributed by atoms with Gasteiger partial charge in [0.2, 0.25) is 0 Å². The molecule has 2 rings (SSSR count). The Morgan fingerprint density at radius 2 is 1.48 bits per heavy atom. The van der Waals surface area contributed by atoms with E-state index in [1.807, 2.05) is 27.7 Å². The number of thiol groups is 1. The van der Waals surface area contributed by atoms with Gasteiger partial charge in [0.05, 0.1) is 12.2 Å². The minimum absolute atomic E-state index is 0.168. The number of carbonyl (C=O) groups is 1. The fourth-order valence-corrected chi connectivity index (χ4v) is 3.71. The molecule has 0 spiro atoms. The first-order chi connectivity index (χ1) is 12.0. The number of hydrogen-bond donors (Lipinski definition) is 1. The number of nitrogens with zero attached hydrogens (tertiary/aromatic N) is 2. The molecule has 0 amide bonds. The Hall–Kier alpha value is -0.100. The zero-order valence-corrected chi connectivity index (χ0v) is 17.9. The molecule has 2 heterocycles. The van der Waals surface area contributed by atoms with Crippen LogP contribution in [0, 0.1) is 5.92 Å². The van der Waals surface area contributed by atoms with Crippen LogP contribution in [0.25, 0.3) is 0 Å². The molecule has 4 nitrogen and oxygen atoms in total. The molecular formula is C20H40N2O2S. The smallest absolute Gasteiger partial charge is 0.136 e. The largest absolute Gasteiger partial charge is 0.375 e. The number of likely N-dealkylation sites (tertiary alicyclic amines) is 2. The van der Waals surface area contributed by atoms with Crippen LogP contribution in [0.2, 0.25) is 0 Å². The normalized spacial score (nSPS) is 22.5. The van der Waals surface area contributed by atoms with Crippen LogP contribution < -0.4 is 0 Å². The van der Waals surface area contributed by atoms with Gasteiger partial charge in [0.25, 0.3) is 0 Å². The second-order valence-corrected chi connectivity index (χ2v) is 8.16. The van der Waals surface area contributed by atoms with Crippen molar-refractivity contribution in [3.63, 3.8) is 0 Å². The monoisotopic (exact) mass is 372 g/mol. The van der Waals surface area contributed by atoms with Crippen molar-refractivity contribution in [3.05, 3.63) is 0 Å². The maximum atomic E-state index is 11.7. The van der Waals surface area contributed by atoms with Crippen LogP contribution >= 0.6 is 12.6 Å². The van der Waals surface area contributed by atoms with Gasteiger partial charge in [-0.25, -0.2) is 0 Å². The van der Waals surface area contributed by atoms with Crippen LogP contribution in [0.3, 0.4) is 0 Å². The number of Topliss-reactive ketones (excluding diaryl/α,β-unsaturated/α-hetero) is 1. The molecule has 0 aliphatic carbocycles. The maximum Gasteiger partial charge on any atom is 0.136 e. The van der Waals surface area contributed by atoms with E-state index in [2.05, 4.69) is 29.4 Å². The fourth-order valence-electron chi connectivity index (χ4n) is 3.48. The molecule has 2 aliphatic heterocycles. The van der Waals surface area contributed by atoms with Crippen LogP contribution in [0.15, 0.2) is 0 Å². The maximum absolute atomic E-state index is 11.7. The first-order valence-corrected chi connectivity index (χ1v) is 10.8. The highest BCUT2D eigenvalue weighted by atomic mass is 32.1. The molecule has 5 heteroatoms. The van der Waals surface area contributed by atoms with E-state index in [0.717, 1.165) is 58.4 Å². The van der Waals surface area contributed by atoms with Gasteiger partial charge in [0.1, 0.15) is 5.78 Å². The van der Waals surface area contributed by atoms with Gasteiger partial charge >= 0.3 is 0 Å². The lowest BCUT2D eigenvalue weighted by atomic mass is 10.0. The van der Waals surface area contributed by atoms with E-state index in [9.17, 15) is 4.79 Å². The quantitative estimate of drug-likeness (QED) is 0.688. The predicted octanol–water partition coefficient (Wildman–Crippen LogP) is 3.85.